The van der Waals surface area contributed by atoms with Crippen LogP contribution in [0.5, 0.6) is 0 Å². The maximum absolute atomic E-state index is 5.55. The maximum Gasteiger partial charge on any atom is 0.00385 e. The van der Waals surface area contributed by atoms with Gasteiger partial charge in [-0.25, -0.2) is 0 Å². The lowest BCUT2D eigenvalue weighted by Crippen LogP contribution is -2.30. The molecule has 2 nitrogen and oxygen atoms in total. The third kappa shape index (κ3) is 2.29. The first kappa shape index (κ1) is 10.4. The molecule has 1 aliphatic heterocycles. The Balaban J connectivity index is 1.80. The van der Waals surface area contributed by atoms with Crippen molar-refractivity contribution in [1.29, 1.82) is 0 Å². The van der Waals surface area contributed by atoms with Gasteiger partial charge in [0.15, 0.2) is 0 Å². The van der Waals surface area contributed by atoms with Gasteiger partial charge < -0.3 is 10.6 Å². The molecule has 0 unspecified atom stereocenters. The van der Waals surface area contributed by atoms with Gasteiger partial charge in [0.2, 0.25) is 0 Å². The van der Waals surface area contributed by atoms with Gasteiger partial charge in [0.25, 0.3) is 0 Å². The topological polar surface area (TPSA) is 29.3 Å². The molecule has 2 N–H and O–H groups in total. The standard InChI is InChI=1S/C12H24N2/c13-8-4-9-14-10-7-12(11-14)5-2-1-3-6-12/h1-11,13H2. The molecular weight excluding hydrogens is 172 g/mol. The van der Waals surface area contributed by atoms with E-state index in [0.29, 0.717) is 0 Å². The molecule has 1 spiro atoms. The molecule has 1 heterocycles. The van der Waals surface area contributed by atoms with Gasteiger partial charge in [-0.15, -0.1) is 0 Å². The van der Waals surface area contributed by atoms with Crippen LogP contribution in [-0.4, -0.2) is 31.1 Å². The van der Waals surface area contributed by atoms with E-state index in [1.807, 2.05) is 0 Å². The Morgan fingerprint density at radius 2 is 1.86 bits per heavy atom. The van der Waals surface area contributed by atoms with Crippen molar-refractivity contribution in [3.8, 4) is 0 Å². The van der Waals surface area contributed by atoms with E-state index in [9.17, 15) is 0 Å². The third-order valence-corrected chi connectivity index (χ3v) is 4.11. The van der Waals surface area contributed by atoms with Gasteiger partial charge in [0.1, 0.15) is 0 Å². The summed E-state index contributed by atoms with van der Waals surface area (Å²) in [5.74, 6) is 0. The summed E-state index contributed by atoms with van der Waals surface area (Å²) in [7, 11) is 0. The molecule has 2 aliphatic rings. The molecule has 1 saturated carbocycles. The first-order valence-corrected chi connectivity index (χ1v) is 6.27. The fourth-order valence-corrected chi connectivity index (χ4v) is 3.24. The number of nitrogens with two attached hydrogens (primary N) is 1. The van der Waals surface area contributed by atoms with Crippen LogP contribution in [-0.2, 0) is 0 Å². The van der Waals surface area contributed by atoms with Crippen molar-refractivity contribution >= 4 is 0 Å². The van der Waals surface area contributed by atoms with Gasteiger partial charge in [-0.1, -0.05) is 19.3 Å². The van der Waals surface area contributed by atoms with Crippen LogP contribution in [0.2, 0.25) is 0 Å². The molecular formula is C12H24N2. The van der Waals surface area contributed by atoms with Crippen molar-refractivity contribution in [2.75, 3.05) is 26.2 Å². The second-order valence-corrected chi connectivity index (χ2v) is 5.23. The van der Waals surface area contributed by atoms with Crippen LogP contribution in [0.25, 0.3) is 0 Å². The first-order valence-electron chi connectivity index (χ1n) is 6.27. The lowest BCUT2D eigenvalue weighted by molar-refractivity contribution is 0.186. The maximum atomic E-state index is 5.55. The van der Waals surface area contributed by atoms with E-state index < -0.39 is 0 Å². The first-order chi connectivity index (χ1) is 6.85. The van der Waals surface area contributed by atoms with E-state index in [2.05, 4.69) is 4.90 Å². The number of hydrogen-bond donors (Lipinski definition) is 1. The van der Waals surface area contributed by atoms with Crippen LogP contribution >= 0.6 is 0 Å². The highest BCUT2D eigenvalue weighted by Crippen LogP contribution is 2.43. The molecule has 2 rings (SSSR count). The normalized spacial score (nSPS) is 27.2. The van der Waals surface area contributed by atoms with Crippen molar-refractivity contribution in [3.63, 3.8) is 0 Å². The number of hydrogen-bond acceptors (Lipinski definition) is 2. The lowest BCUT2D eigenvalue weighted by atomic mass is 9.73. The summed E-state index contributed by atoms with van der Waals surface area (Å²) < 4.78 is 0. The summed E-state index contributed by atoms with van der Waals surface area (Å²) in [6, 6.07) is 0. The molecule has 14 heavy (non-hydrogen) atoms. The molecule has 0 aromatic rings. The van der Waals surface area contributed by atoms with Gasteiger partial charge in [-0.3, -0.25) is 0 Å². The minimum Gasteiger partial charge on any atom is -0.330 e. The molecule has 0 bridgehead atoms. The van der Waals surface area contributed by atoms with E-state index >= 15 is 0 Å². The van der Waals surface area contributed by atoms with E-state index in [4.69, 9.17) is 5.73 Å². The van der Waals surface area contributed by atoms with E-state index in [1.54, 1.807) is 0 Å². The quantitative estimate of drug-likeness (QED) is 0.748. The highest BCUT2D eigenvalue weighted by molar-refractivity contribution is 4.91. The monoisotopic (exact) mass is 196 g/mol. The summed E-state index contributed by atoms with van der Waals surface area (Å²) in [4.78, 5) is 2.64. The molecule has 82 valence electrons. The van der Waals surface area contributed by atoms with Gasteiger partial charge >= 0.3 is 0 Å². The Morgan fingerprint density at radius 1 is 1.07 bits per heavy atom. The predicted octanol–water partition coefficient (Wildman–Crippen LogP) is 1.99. The fourth-order valence-electron chi connectivity index (χ4n) is 3.24. The van der Waals surface area contributed by atoms with Crippen LogP contribution in [0, 0.1) is 5.41 Å². The summed E-state index contributed by atoms with van der Waals surface area (Å²) >= 11 is 0. The average molecular weight is 196 g/mol. The van der Waals surface area contributed by atoms with Gasteiger partial charge in [0, 0.05) is 6.54 Å². The van der Waals surface area contributed by atoms with Crippen molar-refractivity contribution < 1.29 is 0 Å². The summed E-state index contributed by atoms with van der Waals surface area (Å²) in [5, 5.41) is 0. The highest BCUT2D eigenvalue weighted by Gasteiger charge is 2.38. The summed E-state index contributed by atoms with van der Waals surface area (Å²) in [6.45, 7) is 4.79. The van der Waals surface area contributed by atoms with Crippen molar-refractivity contribution in [2.45, 2.75) is 44.9 Å². The largest absolute Gasteiger partial charge is 0.330 e. The van der Waals surface area contributed by atoms with Crippen LogP contribution < -0.4 is 5.73 Å². The number of likely N-dealkylation sites (tertiary alicyclic amines) is 1. The van der Waals surface area contributed by atoms with Crippen molar-refractivity contribution in [2.24, 2.45) is 11.1 Å². The zero-order valence-electron chi connectivity index (χ0n) is 9.30. The minimum atomic E-state index is 0.729. The smallest absolute Gasteiger partial charge is 0.00385 e. The Kier molecular flexibility index (Phi) is 3.45. The fraction of sp³-hybridized carbons (Fsp3) is 1.00. The Morgan fingerprint density at radius 3 is 2.57 bits per heavy atom. The van der Waals surface area contributed by atoms with Crippen LogP contribution in [0.15, 0.2) is 0 Å². The van der Waals surface area contributed by atoms with E-state index in [1.165, 1.54) is 64.6 Å². The average Bonchev–Trinajstić information content (AvgIpc) is 2.60. The molecule has 0 aromatic heterocycles. The minimum absolute atomic E-state index is 0.729. The summed E-state index contributed by atoms with van der Waals surface area (Å²) in [5.41, 5.74) is 6.28. The van der Waals surface area contributed by atoms with Gasteiger partial charge in [0.05, 0.1) is 0 Å². The van der Waals surface area contributed by atoms with E-state index in [0.717, 1.165) is 12.0 Å². The number of nitrogens with zero attached hydrogens (tertiary/aromatic N) is 1. The lowest BCUT2D eigenvalue weighted by Gasteiger charge is -2.33. The molecule has 2 heteroatoms. The molecule has 1 aliphatic carbocycles. The molecule has 0 radical (unpaired) electrons. The molecule has 0 amide bonds. The second kappa shape index (κ2) is 4.63. The van der Waals surface area contributed by atoms with Crippen LogP contribution in [0.3, 0.4) is 0 Å². The molecule has 1 saturated heterocycles. The molecule has 2 fully saturated rings. The Bertz CT molecular complexity index is 173. The molecule has 0 aromatic carbocycles. The van der Waals surface area contributed by atoms with E-state index in [-0.39, 0.29) is 0 Å². The highest BCUT2D eigenvalue weighted by atomic mass is 15.2. The number of rotatable bonds is 3. The molecule has 0 atom stereocenters. The van der Waals surface area contributed by atoms with Crippen molar-refractivity contribution in [3.05, 3.63) is 0 Å². The van der Waals surface area contributed by atoms with Crippen LogP contribution in [0.1, 0.15) is 44.9 Å². The predicted molar refractivity (Wildman–Crippen MR) is 60.2 cm³/mol. The summed E-state index contributed by atoms with van der Waals surface area (Å²) in [6.07, 6.45) is 10.0. The van der Waals surface area contributed by atoms with Gasteiger partial charge in [-0.05, 0) is 50.7 Å². The second-order valence-electron chi connectivity index (χ2n) is 5.23. The third-order valence-electron chi connectivity index (χ3n) is 4.11. The Labute approximate surface area is 87.8 Å². The SMILES string of the molecule is NCCCN1CCC2(CCCCC2)C1. The van der Waals surface area contributed by atoms with Gasteiger partial charge in [-0.2, -0.15) is 0 Å². The zero-order chi connectivity index (χ0) is 9.86. The Hall–Kier alpha value is -0.0800. The zero-order valence-corrected chi connectivity index (χ0v) is 9.30. The van der Waals surface area contributed by atoms with Crippen LogP contribution in [0.4, 0.5) is 0 Å². The van der Waals surface area contributed by atoms with Crippen molar-refractivity contribution in [1.82, 2.24) is 4.90 Å².